The van der Waals surface area contributed by atoms with Gasteiger partial charge in [-0.15, -0.1) is 0 Å². The zero-order chi connectivity index (χ0) is 17.4. The van der Waals surface area contributed by atoms with Crippen molar-refractivity contribution in [2.75, 3.05) is 5.32 Å². The van der Waals surface area contributed by atoms with Crippen molar-refractivity contribution in [3.63, 3.8) is 0 Å². The molecule has 0 atom stereocenters. The fourth-order valence-corrected chi connectivity index (χ4v) is 2.59. The number of benzene rings is 2. The minimum absolute atomic E-state index is 0.0212. The first-order valence-corrected chi connectivity index (χ1v) is 7.61. The van der Waals surface area contributed by atoms with Gasteiger partial charge in [0, 0.05) is 5.69 Å². The molecule has 0 aliphatic heterocycles. The second-order valence-electron chi connectivity index (χ2n) is 5.15. The van der Waals surface area contributed by atoms with Gasteiger partial charge in [0.2, 0.25) is 11.9 Å². The number of H-pyrrole nitrogens is 1. The quantitative estimate of drug-likeness (QED) is 0.589. The van der Waals surface area contributed by atoms with Crippen LogP contribution in [0.2, 0.25) is 5.02 Å². The third-order valence-electron chi connectivity index (χ3n) is 3.52. The van der Waals surface area contributed by atoms with Gasteiger partial charge in [-0.3, -0.25) is 0 Å². The summed E-state index contributed by atoms with van der Waals surface area (Å²) in [4.78, 5) is 27.3. The summed E-state index contributed by atoms with van der Waals surface area (Å²) in [6.45, 7) is 0. The van der Waals surface area contributed by atoms with Gasteiger partial charge >= 0.3 is 5.69 Å². The van der Waals surface area contributed by atoms with Crippen LogP contribution in [0.4, 0.5) is 16.0 Å². The molecule has 0 aliphatic carbocycles. The lowest BCUT2D eigenvalue weighted by Gasteiger charge is -2.07. The predicted octanol–water partition coefficient (Wildman–Crippen LogP) is 3.04. The van der Waals surface area contributed by atoms with E-state index in [2.05, 4.69) is 25.3 Å². The molecule has 0 aliphatic rings. The molecule has 9 heteroatoms. The number of para-hydroxylation sites is 2. The van der Waals surface area contributed by atoms with Gasteiger partial charge in [-0.05, 0) is 30.3 Å². The van der Waals surface area contributed by atoms with Gasteiger partial charge in [0.25, 0.3) is 0 Å². The number of rotatable bonds is 3. The van der Waals surface area contributed by atoms with Crippen molar-refractivity contribution >= 4 is 34.3 Å². The highest BCUT2D eigenvalue weighted by molar-refractivity contribution is 6.31. The lowest BCUT2D eigenvalue weighted by atomic mass is 10.3. The van der Waals surface area contributed by atoms with Gasteiger partial charge in [0.1, 0.15) is 12.1 Å². The summed E-state index contributed by atoms with van der Waals surface area (Å²) in [5, 5.41) is 2.88. The average molecular weight is 357 g/mol. The maximum Gasteiger partial charge on any atom is 0.333 e. The summed E-state index contributed by atoms with van der Waals surface area (Å²) in [7, 11) is 0. The topological polar surface area (TPSA) is 88.5 Å². The van der Waals surface area contributed by atoms with E-state index in [0.29, 0.717) is 16.7 Å². The largest absolute Gasteiger partial charge is 0.333 e. The number of hydrogen-bond acceptors (Lipinski definition) is 5. The highest BCUT2D eigenvalue weighted by Crippen LogP contribution is 2.21. The van der Waals surface area contributed by atoms with Crippen LogP contribution in [0, 0.1) is 5.82 Å². The van der Waals surface area contributed by atoms with Gasteiger partial charge in [-0.2, -0.15) is 4.98 Å². The zero-order valence-electron chi connectivity index (χ0n) is 12.6. The highest BCUT2D eigenvalue weighted by atomic mass is 35.5. The number of imidazole rings is 1. The smallest absolute Gasteiger partial charge is 0.324 e. The molecular formula is C16H10ClFN6O. The van der Waals surface area contributed by atoms with E-state index in [1.54, 1.807) is 12.1 Å². The molecule has 0 bridgehead atoms. The molecule has 0 radical (unpaired) electrons. The third kappa shape index (κ3) is 2.83. The Kier molecular flexibility index (Phi) is 3.66. The minimum atomic E-state index is -0.520. The fourth-order valence-electron chi connectivity index (χ4n) is 2.41. The van der Waals surface area contributed by atoms with Crippen molar-refractivity contribution in [2.45, 2.75) is 0 Å². The maximum absolute atomic E-state index is 13.2. The molecule has 25 heavy (non-hydrogen) atoms. The van der Waals surface area contributed by atoms with E-state index in [1.165, 1.54) is 29.1 Å². The number of aromatic nitrogens is 5. The van der Waals surface area contributed by atoms with E-state index in [4.69, 9.17) is 11.6 Å². The SMILES string of the molecule is O=c1[nH]c2ccccc2n1-c1ncnc(Nc2ccc(F)c(Cl)c2)n1. The van der Waals surface area contributed by atoms with Gasteiger partial charge in [-0.25, -0.2) is 23.7 Å². The molecule has 2 heterocycles. The third-order valence-corrected chi connectivity index (χ3v) is 3.81. The summed E-state index contributed by atoms with van der Waals surface area (Å²) in [5.74, 6) is -0.160. The number of hydrogen-bond donors (Lipinski definition) is 2. The average Bonchev–Trinajstić information content (AvgIpc) is 2.94. The number of nitrogens with one attached hydrogen (secondary N) is 2. The fraction of sp³-hybridized carbons (Fsp3) is 0. The Bertz CT molecular complexity index is 1140. The van der Waals surface area contributed by atoms with Crippen LogP contribution in [0.25, 0.3) is 17.0 Å². The molecule has 7 nitrogen and oxygen atoms in total. The molecule has 0 amide bonds. The normalized spacial score (nSPS) is 11.0. The Hall–Kier alpha value is -3.26. The van der Waals surface area contributed by atoms with Crippen LogP contribution in [0.3, 0.4) is 0 Å². The van der Waals surface area contributed by atoms with Gasteiger partial charge in [0.15, 0.2) is 0 Å². The van der Waals surface area contributed by atoms with Crippen molar-refractivity contribution < 1.29 is 4.39 Å². The van der Waals surface area contributed by atoms with E-state index in [-0.39, 0.29) is 22.6 Å². The Balaban J connectivity index is 1.75. The van der Waals surface area contributed by atoms with Gasteiger partial charge in [0.05, 0.1) is 16.1 Å². The first kappa shape index (κ1) is 15.3. The highest BCUT2D eigenvalue weighted by Gasteiger charge is 2.12. The lowest BCUT2D eigenvalue weighted by Crippen LogP contribution is -2.18. The van der Waals surface area contributed by atoms with Gasteiger partial charge < -0.3 is 10.3 Å². The van der Waals surface area contributed by atoms with E-state index in [0.717, 1.165) is 0 Å². The second kappa shape index (κ2) is 5.99. The number of nitrogens with zero attached hydrogens (tertiary/aromatic N) is 4. The first-order valence-electron chi connectivity index (χ1n) is 7.23. The molecule has 2 N–H and O–H groups in total. The van der Waals surface area contributed by atoms with E-state index in [1.807, 2.05) is 12.1 Å². The van der Waals surface area contributed by atoms with Crippen LogP contribution >= 0.6 is 11.6 Å². The van der Waals surface area contributed by atoms with Crippen LogP contribution in [0.1, 0.15) is 0 Å². The van der Waals surface area contributed by atoms with Crippen LogP contribution < -0.4 is 11.0 Å². The molecular weight excluding hydrogens is 347 g/mol. The second-order valence-corrected chi connectivity index (χ2v) is 5.55. The molecule has 4 rings (SSSR count). The molecule has 2 aromatic carbocycles. The summed E-state index contributed by atoms with van der Waals surface area (Å²) >= 11 is 5.76. The standard InChI is InChI=1S/C16H10ClFN6O/c17-10-7-9(5-6-11(10)18)21-14-19-8-20-15(23-14)24-13-4-2-1-3-12(13)22-16(24)25/h1-8H,(H,22,25)(H,19,20,21,23). The predicted molar refractivity (Wildman–Crippen MR) is 92.0 cm³/mol. The Labute approximate surface area is 145 Å². The summed E-state index contributed by atoms with van der Waals surface area (Å²) in [5.41, 5.74) is 1.47. The van der Waals surface area contributed by atoms with Crippen LogP contribution in [-0.2, 0) is 0 Å². The van der Waals surface area contributed by atoms with Gasteiger partial charge in [-0.1, -0.05) is 23.7 Å². The number of anilines is 2. The van der Waals surface area contributed by atoms with E-state index in [9.17, 15) is 9.18 Å². The molecule has 4 aromatic rings. The lowest BCUT2D eigenvalue weighted by molar-refractivity contribution is 0.628. The van der Waals surface area contributed by atoms with Crippen molar-refractivity contribution in [1.82, 2.24) is 24.5 Å². The Morgan fingerprint density at radius 1 is 1.16 bits per heavy atom. The summed E-state index contributed by atoms with van der Waals surface area (Å²) < 4.78 is 14.6. The minimum Gasteiger partial charge on any atom is -0.324 e. The van der Waals surface area contributed by atoms with Crippen LogP contribution in [-0.4, -0.2) is 24.5 Å². The number of fused-ring (bicyclic) bond motifs is 1. The monoisotopic (exact) mass is 356 g/mol. The van der Waals surface area contributed by atoms with Crippen molar-refractivity contribution in [3.05, 3.63) is 70.1 Å². The zero-order valence-corrected chi connectivity index (χ0v) is 13.3. The van der Waals surface area contributed by atoms with Crippen molar-refractivity contribution in [1.29, 1.82) is 0 Å². The molecule has 2 aromatic heterocycles. The van der Waals surface area contributed by atoms with Crippen LogP contribution in [0.5, 0.6) is 0 Å². The van der Waals surface area contributed by atoms with Crippen LogP contribution in [0.15, 0.2) is 53.6 Å². The molecule has 0 saturated heterocycles. The maximum atomic E-state index is 13.2. The van der Waals surface area contributed by atoms with E-state index < -0.39 is 5.82 Å². The Morgan fingerprint density at radius 2 is 2.00 bits per heavy atom. The number of aromatic amines is 1. The molecule has 124 valence electrons. The van der Waals surface area contributed by atoms with Crippen molar-refractivity contribution in [2.24, 2.45) is 0 Å². The van der Waals surface area contributed by atoms with E-state index >= 15 is 0 Å². The molecule has 0 spiro atoms. The molecule has 0 unspecified atom stereocenters. The summed E-state index contributed by atoms with van der Waals surface area (Å²) in [6.07, 6.45) is 1.28. The number of halogens is 2. The molecule has 0 fully saturated rings. The first-order chi connectivity index (χ1) is 12.1. The summed E-state index contributed by atoms with van der Waals surface area (Å²) in [6, 6.07) is 11.4. The molecule has 0 saturated carbocycles. The van der Waals surface area contributed by atoms with Crippen molar-refractivity contribution in [3.8, 4) is 5.95 Å². The Morgan fingerprint density at radius 3 is 2.84 bits per heavy atom.